The molecule has 2 heterocycles. The van der Waals surface area contributed by atoms with Crippen molar-refractivity contribution in [1.82, 2.24) is 20.5 Å². The number of amides is 2. The van der Waals surface area contributed by atoms with Gasteiger partial charge in [0.1, 0.15) is 6.17 Å². The van der Waals surface area contributed by atoms with E-state index in [1.54, 1.807) is 14.1 Å². The molecule has 82 valence electrons. The van der Waals surface area contributed by atoms with Crippen LogP contribution in [0.25, 0.3) is 0 Å². The largest absolute Gasteiger partial charge is 0.328 e. The highest BCUT2D eigenvalue weighted by molar-refractivity contribution is 5.85. The van der Waals surface area contributed by atoms with E-state index in [9.17, 15) is 14.9 Å². The van der Waals surface area contributed by atoms with Gasteiger partial charge in [0.15, 0.2) is 11.2 Å². The third-order valence-corrected chi connectivity index (χ3v) is 2.44. The smallest absolute Gasteiger partial charge is 0.323 e. The van der Waals surface area contributed by atoms with Gasteiger partial charge in [-0.1, -0.05) is 5.43 Å². The molecule has 2 N–H and O–H groups in total. The molecular formula is C6H10N6O3. The van der Waals surface area contributed by atoms with Crippen molar-refractivity contribution < 1.29 is 9.83 Å². The Labute approximate surface area is 84.9 Å². The van der Waals surface area contributed by atoms with Crippen LogP contribution in [0.4, 0.5) is 4.79 Å². The van der Waals surface area contributed by atoms with E-state index < -0.39 is 11.2 Å². The fraction of sp³-hybridized carbons (Fsp3) is 0.667. The van der Waals surface area contributed by atoms with Crippen molar-refractivity contribution in [3.63, 3.8) is 0 Å². The highest BCUT2D eigenvalue weighted by Crippen LogP contribution is 2.22. The van der Waals surface area contributed by atoms with E-state index in [0.717, 1.165) is 0 Å². The van der Waals surface area contributed by atoms with Crippen LogP contribution in [0, 0.1) is 10.1 Å². The van der Waals surface area contributed by atoms with Gasteiger partial charge in [0.05, 0.1) is 0 Å². The normalized spacial score (nSPS) is 28.7. The first kappa shape index (κ1) is 9.49. The second-order valence-corrected chi connectivity index (χ2v) is 3.35. The molecule has 0 aromatic carbocycles. The van der Waals surface area contributed by atoms with Crippen molar-refractivity contribution in [1.29, 1.82) is 0 Å². The average Bonchev–Trinajstić information content (AvgIpc) is 2.63. The first-order valence-electron chi connectivity index (χ1n) is 4.25. The van der Waals surface area contributed by atoms with Crippen LogP contribution < -0.4 is 10.7 Å². The Hall–Kier alpha value is -2.06. The number of fused-ring (bicyclic) bond motifs is 1. The first-order valence-corrected chi connectivity index (χ1v) is 4.25. The highest BCUT2D eigenvalue weighted by Gasteiger charge is 2.46. The van der Waals surface area contributed by atoms with E-state index >= 15 is 0 Å². The van der Waals surface area contributed by atoms with E-state index in [1.807, 2.05) is 5.43 Å². The molecule has 15 heavy (non-hydrogen) atoms. The lowest BCUT2D eigenvalue weighted by molar-refractivity contribution is -0.525. The fourth-order valence-electron chi connectivity index (χ4n) is 1.68. The Bertz CT molecular complexity index is 355. The molecular weight excluding hydrogens is 204 g/mol. The Balaban J connectivity index is 2.15. The Morgan fingerprint density at radius 1 is 1.53 bits per heavy atom. The predicted octanol–water partition coefficient (Wildman–Crippen LogP) is -1.62. The summed E-state index contributed by atoms with van der Waals surface area (Å²) in [5, 5.41) is 12.2. The minimum atomic E-state index is -0.700. The minimum absolute atomic E-state index is 0.0706. The Kier molecular flexibility index (Phi) is 1.88. The number of carbonyl (C=O) groups is 1. The van der Waals surface area contributed by atoms with E-state index in [1.165, 1.54) is 9.80 Å². The molecule has 0 unspecified atom stereocenters. The second kappa shape index (κ2) is 2.97. The van der Waals surface area contributed by atoms with Crippen LogP contribution in [-0.4, -0.2) is 53.2 Å². The number of nitrogens with zero attached hydrogens (tertiary/aromatic N) is 4. The van der Waals surface area contributed by atoms with Crippen LogP contribution in [0.1, 0.15) is 0 Å². The maximum atomic E-state index is 11.4. The number of likely N-dealkylation sites (N-methyl/N-ethyl adjacent to an activating group) is 2. The van der Waals surface area contributed by atoms with Crippen LogP contribution >= 0.6 is 0 Å². The molecule has 0 aromatic heterocycles. The molecule has 2 rings (SSSR count). The maximum Gasteiger partial charge on any atom is 0.323 e. The molecule has 0 bridgehead atoms. The van der Waals surface area contributed by atoms with Crippen molar-refractivity contribution in [2.45, 2.75) is 12.3 Å². The monoisotopic (exact) mass is 214 g/mol. The van der Waals surface area contributed by atoms with Gasteiger partial charge in [-0.15, -0.1) is 0 Å². The van der Waals surface area contributed by atoms with Gasteiger partial charge in [-0.2, -0.15) is 0 Å². The molecule has 1 saturated heterocycles. The molecule has 0 aliphatic carbocycles. The average molecular weight is 214 g/mol. The van der Waals surface area contributed by atoms with Gasteiger partial charge in [0.2, 0.25) is 0 Å². The molecule has 1 fully saturated rings. The van der Waals surface area contributed by atoms with Crippen molar-refractivity contribution in [3.05, 3.63) is 10.1 Å². The minimum Gasteiger partial charge on any atom is -0.328 e. The lowest BCUT2D eigenvalue weighted by Crippen LogP contribution is -2.47. The van der Waals surface area contributed by atoms with Crippen LogP contribution in [0.5, 0.6) is 0 Å². The molecule has 0 spiro atoms. The number of carbonyl (C=O) groups excluding carboxylic acids is 1. The maximum absolute atomic E-state index is 11.4. The number of hydrogen-bond acceptors (Lipinski definition) is 5. The number of urea groups is 1. The van der Waals surface area contributed by atoms with Crippen LogP contribution in [-0.2, 0) is 0 Å². The summed E-state index contributed by atoms with van der Waals surface area (Å²) >= 11 is 0. The quantitative estimate of drug-likeness (QED) is 0.403. The number of nitrogens with one attached hydrogen (secondary N) is 2. The van der Waals surface area contributed by atoms with Crippen LogP contribution in [0.3, 0.4) is 0 Å². The fourth-order valence-corrected chi connectivity index (χ4v) is 1.68. The third kappa shape index (κ3) is 1.32. The van der Waals surface area contributed by atoms with Crippen molar-refractivity contribution in [3.8, 4) is 0 Å². The number of guanidine groups is 1. The third-order valence-electron chi connectivity index (χ3n) is 2.44. The number of nitro groups is 1. The van der Waals surface area contributed by atoms with Crippen molar-refractivity contribution in [2.75, 3.05) is 14.1 Å². The molecule has 0 radical (unpaired) electrons. The zero-order valence-electron chi connectivity index (χ0n) is 8.17. The second-order valence-electron chi connectivity index (χ2n) is 3.35. The van der Waals surface area contributed by atoms with Gasteiger partial charge in [-0.05, 0) is 0 Å². The zero-order valence-corrected chi connectivity index (χ0v) is 8.17. The number of hydrazine groups is 1. The highest BCUT2D eigenvalue weighted by atomic mass is 16.7. The molecule has 0 aromatic rings. The standard InChI is InChI=1S/C6H10N6O3/c1-10-3-4(11(2)6(10)13)8-5(7-3)9-12(14)15/h3-4H,1-2H3,(H2,7,8,9)/t3-,4+. The summed E-state index contributed by atoms with van der Waals surface area (Å²) in [5.41, 5.74) is 1.92. The number of rotatable bonds is 1. The van der Waals surface area contributed by atoms with E-state index in [2.05, 4.69) is 10.3 Å². The zero-order chi connectivity index (χ0) is 11.2. The summed E-state index contributed by atoms with van der Waals surface area (Å²) in [6, 6.07) is -0.165. The summed E-state index contributed by atoms with van der Waals surface area (Å²) in [6.45, 7) is 0. The van der Waals surface area contributed by atoms with E-state index in [4.69, 9.17) is 0 Å². The Morgan fingerprint density at radius 3 is 2.73 bits per heavy atom. The lowest BCUT2D eigenvalue weighted by atomic mass is 10.4. The molecule has 2 atom stereocenters. The summed E-state index contributed by atoms with van der Waals surface area (Å²) < 4.78 is 0. The molecule has 9 heteroatoms. The van der Waals surface area contributed by atoms with Crippen LogP contribution in [0.2, 0.25) is 0 Å². The van der Waals surface area contributed by atoms with Gasteiger partial charge in [-0.3, -0.25) is 0 Å². The topological polar surface area (TPSA) is 103 Å². The van der Waals surface area contributed by atoms with Gasteiger partial charge in [0, 0.05) is 14.1 Å². The molecule has 2 aliphatic rings. The van der Waals surface area contributed by atoms with Crippen molar-refractivity contribution >= 4 is 12.0 Å². The van der Waals surface area contributed by atoms with E-state index in [0.29, 0.717) is 0 Å². The van der Waals surface area contributed by atoms with Crippen molar-refractivity contribution in [2.24, 2.45) is 4.99 Å². The van der Waals surface area contributed by atoms with Crippen LogP contribution in [0.15, 0.2) is 4.99 Å². The summed E-state index contributed by atoms with van der Waals surface area (Å²) in [7, 11) is 3.21. The number of aliphatic imine (C=N–C) groups is 1. The molecule has 9 nitrogen and oxygen atoms in total. The number of hydrogen-bond donors (Lipinski definition) is 2. The van der Waals surface area contributed by atoms with Gasteiger partial charge < -0.3 is 15.1 Å². The Morgan fingerprint density at radius 2 is 2.20 bits per heavy atom. The molecule has 2 amide bonds. The van der Waals surface area contributed by atoms with Gasteiger partial charge in [-0.25, -0.2) is 19.9 Å². The first-order chi connectivity index (χ1) is 7.00. The summed E-state index contributed by atoms with van der Waals surface area (Å²) in [4.78, 5) is 28.5. The molecule has 2 aliphatic heterocycles. The van der Waals surface area contributed by atoms with Gasteiger partial charge in [0.25, 0.3) is 5.96 Å². The summed E-state index contributed by atoms with van der Waals surface area (Å²) in [5.74, 6) is 0.0706. The SMILES string of the molecule is CN1C(=O)N(C)[C@H]2N=C(N[N+](=O)[O-])N[C@H]21. The summed E-state index contributed by atoms with van der Waals surface area (Å²) in [6.07, 6.45) is -0.755. The van der Waals surface area contributed by atoms with Gasteiger partial charge >= 0.3 is 6.03 Å². The van der Waals surface area contributed by atoms with E-state index in [-0.39, 0.29) is 18.2 Å². The lowest BCUT2D eigenvalue weighted by Gasteiger charge is -2.16. The predicted molar refractivity (Wildman–Crippen MR) is 49.2 cm³/mol. The molecule has 0 saturated carbocycles.